The lowest BCUT2D eigenvalue weighted by Gasteiger charge is -2.24. The van der Waals surface area contributed by atoms with Crippen LogP contribution in [0.15, 0.2) is 36.4 Å². The van der Waals surface area contributed by atoms with Crippen LogP contribution in [-0.4, -0.2) is 6.17 Å². The van der Waals surface area contributed by atoms with Crippen molar-refractivity contribution in [3.63, 3.8) is 0 Å². The Hall–Kier alpha value is -1.77. The van der Waals surface area contributed by atoms with Gasteiger partial charge in [-0.1, -0.05) is 36.4 Å². The van der Waals surface area contributed by atoms with E-state index in [2.05, 4.69) is 0 Å². The topological polar surface area (TPSA) is 0 Å². The summed E-state index contributed by atoms with van der Waals surface area (Å²) in [7, 11) is 0. The predicted octanol–water partition coefficient (Wildman–Crippen LogP) is 5.94. The average molecular weight is 304 g/mol. The normalized spacial score (nSPS) is 21.8. The highest BCUT2D eigenvalue weighted by Gasteiger charge is 2.22. The van der Waals surface area contributed by atoms with Crippen LogP contribution in [0.25, 0.3) is 11.1 Å². The molecule has 0 N–H and O–H groups in total. The fourth-order valence-corrected chi connectivity index (χ4v) is 3.19. The van der Waals surface area contributed by atoms with E-state index in [4.69, 9.17) is 0 Å². The minimum atomic E-state index is -0.800. The minimum absolute atomic E-state index is 0.280. The van der Waals surface area contributed by atoms with Gasteiger partial charge in [-0.2, -0.15) is 0 Å². The molecule has 0 atom stereocenters. The Morgan fingerprint density at radius 3 is 2.09 bits per heavy atom. The summed E-state index contributed by atoms with van der Waals surface area (Å²) in [6.45, 7) is 1.55. The third kappa shape index (κ3) is 2.90. The number of hydrogen-bond donors (Lipinski definition) is 0. The largest absolute Gasteiger partial charge is 0.247 e. The standard InChI is InChI=1S/C19H19F3/c1-12-2-11-17(19(22)18(12)21)15-5-3-13(4-6-15)14-7-9-16(20)10-8-14/h2-6,11,14,16H,7-10H2,1H3. The molecule has 2 aromatic carbocycles. The van der Waals surface area contributed by atoms with Crippen molar-refractivity contribution in [1.29, 1.82) is 0 Å². The van der Waals surface area contributed by atoms with Gasteiger partial charge in [0, 0.05) is 5.56 Å². The Morgan fingerprint density at radius 1 is 0.818 bits per heavy atom. The fourth-order valence-electron chi connectivity index (χ4n) is 3.19. The number of alkyl halides is 1. The van der Waals surface area contributed by atoms with Crippen LogP contribution >= 0.6 is 0 Å². The molecule has 3 heteroatoms. The van der Waals surface area contributed by atoms with E-state index in [1.807, 2.05) is 24.3 Å². The molecule has 116 valence electrons. The lowest BCUT2D eigenvalue weighted by molar-refractivity contribution is 0.235. The van der Waals surface area contributed by atoms with Crippen molar-refractivity contribution in [1.82, 2.24) is 0 Å². The predicted molar refractivity (Wildman–Crippen MR) is 82.6 cm³/mol. The summed E-state index contributed by atoms with van der Waals surface area (Å²) < 4.78 is 40.9. The summed E-state index contributed by atoms with van der Waals surface area (Å²) >= 11 is 0. The summed E-state index contributed by atoms with van der Waals surface area (Å²) in [5.74, 6) is -1.21. The van der Waals surface area contributed by atoms with E-state index in [1.54, 1.807) is 19.1 Å². The van der Waals surface area contributed by atoms with Crippen molar-refractivity contribution in [3.8, 4) is 11.1 Å². The van der Waals surface area contributed by atoms with Gasteiger partial charge in [0.25, 0.3) is 0 Å². The molecular weight excluding hydrogens is 285 g/mol. The molecule has 1 saturated carbocycles. The van der Waals surface area contributed by atoms with E-state index >= 15 is 0 Å². The monoisotopic (exact) mass is 304 g/mol. The van der Waals surface area contributed by atoms with Gasteiger partial charge >= 0.3 is 0 Å². The van der Waals surface area contributed by atoms with Gasteiger partial charge in [-0.25, -0.2) is 13.2 Å². The van der Waals surface area contributed by atoms with Gasteiger partial charge in [0.05, 0.1) is 0 Å². The van der Waals surface area contributed by atoms with Gasteiger partial charge in [-0.15, -0.1) is 0 Å². The van der Waals surface area contributed by atoms with Crippen molar-refractivity contribution in [2.24, 2.45) is 0 Å². The number of hydrogen-bond acceptors (Lipinski definition) is 0. The van der Waals surface area contributed by atoms with Gasteiger partial charge in [0.2, 0.25) is 0 Å². The van der Waals surface area contributed by atoms with Gasteiger partial charge in [-0.3, -0.25) is 0 Å². The van der Waals surface area contributed by atoms with E-state index in [1.165, 1.54) is 0 Å². The van der Waals surface area contributed by atoms with Crippen molar-refractivity contribution >= 4 is 0 Å². The maximum Gasteiger partial charge on any atom is 0.166 e. The molecule has 0 bridgehead atoms. The molecule has 1 aliphatic carbocycles. The third-order valence-electron chi connectivity index (χ3n) is 4.63. The Morgan fingerprint density at radius 2 is 1.45 bits per heavy atom. The van der Waals surface area contributed by atoms with Crippen molar-refractivity contribution in [2.75, 3.05) is 0 Å². The number of benzene rings is 2. The number of aryl methyl sites for hydroxylation is 1. The summed E-state index contributed by atoms with van der Waals surface area (Å²) in [5.41, 5.74) is 2.41. The molecule has 1 fully saturated rings. The summed E-state index contributed by atoms with van der Waals surface area (Å²) in [5, 5.41) is 0. The molecule has 0 aromatic heterocycles. The molecule has 0 heterocycles. The summed E-state index contributed by atoms with van der Waals surface area (Å²) in [6, 6.07) is 10.8. The molecule has 1 aliphatic rings. The Kier molecular flexibility index (Phi) is 4.23. The van der Waals surface area contributed by atoms with E-state index in [-0.39, 0.29) is 5.56 Å². The van der Waals surface area contributed by atoms with Crippen molar-refractivity contribution in [2.45, 2.75) is 44.7 Å². The van der Waals surface area contributed by atoms with E-state index in [0.717, 1.165) is 18.4 Å². The van der Waals surface area contributed by atoms with E-state index < -0.39 is 17.8 Å². The third-order valence-corrected chi connectivity index (χ3v) is 4.63. The van der Waals surface area contributed by atoms with Crippen LogP contribution in [0.2, 0.25) is 0 Å². The highest BCUT2D eigenvalue weighted by Crippen LogP contribution is 2.35. The molecule has 2 aromatic rings. The first-order valence-corrected chi connectivity index (χ1v) is 7.75. The summed E-state index contributed by atoms with van der Waals surface area (Å²) in [6.07, 6.45) is 2.27. The second kappa shape index (κ2) is 6.15. The smallest absolute Gasteiger partial charge is 0.166 e. The highest BCUT2D eigenvalue weighted by molar-refractivity contribution is 5.65. The molecule has 0 radical (unpaired) electrons. The maximum atomic E-state index is 14.0. The summed E-state index contributed by atoms with van der Waals surface area (Å²) in [4.78, 5) is 0. The molecule has 0 nitrogen and oxygen atoms in total. The molecule has 0 spiro atoms. The average Bonchev–Trinajstić information content (AvgIpc) is 2.54. The molecule has 0 aliphatic heterocycles. The number of halogens is 3. The molecule has 0 amide bonds. The second-order valence-corrected chi connectivity index (χ2v) is 6.13. The maximum absolute atomic E-state index is 14.0. The molecule has 22 heavy (non-hydrogen) atoms. The quantitative estimate of drug-likeness (QED) is 0.644. The first kappa shape index (κ1) is 15.1. The Balaban J connectivity index is 1.84. The van der Waals surface area contributed by atoms with Crippen LogP contribution in [0.1, 0.15) is 42.7 Å². The SMILES string of the molecule is Cc1ccc(-c2ccc(C3CCC(F)CC3)cc2)c(F)c1F. The van der Waals surface area contributed by atoms with Crippen LogP contribution in [0.4, 0.5) is 13.2 Å². The molecule has 0 unspecified atom stereocenters. The van der Waals surface area contributed by atoms with Crippen LogP contribution in [-0.2, 0) is 0 Å². The van der Waals surface area contributed by atoms with Crippen molar-refractivity contribution < 1.29 is 13.2 Å². The fraction of sp³-hybridized carbons (Fsp3) is 0.368. The zero-order chi connectivity index (χ0) is 15.7. The molecular formula is C19H19F3. The Labute approximate surface area is 129 Å². The van der Waals surface area contributed by atoms with E-state index in [9.17, 15) is 13.2 Å². The van der Waals surface area contributed by atoms with Gasteiger partial charge < -0.3 is 0 Å². The van der Waals surface area contributed by atoms with Crippen LogP contribution < -0.4 is 0 Å². The highest BCUT2D eigenvalue weighted by atomic mass is 19.2. The van der Waals surface area contributed by atoms with Gasteiger partial charge in [0.1, 0.15) is 6.17 Å². The molecule has 0 saturated heterocycles. The lowest BCUT2D eigenvalue weighted by Crippen LogP contribution is -2.13. The second-order valence-electron chi connectivity index (χ2n) is 6.13. The Bertz CT molecular complexity index is 653. The first-order valence-electron chi connectivity index (χ1n) is 7.75. The first-order chi connectivity index (χ1) is 10.6. The van der Waals surface area contributed by atoms with E-state index in [0.29, 0.717) is 29.9 Å². The van der Waals surface area contributed by atoms with Crippen molar-refractivity contribution in [3.05, 3.63) is 59.2 Å². The number of rotatable bonds is 2. The zero-order valence-electron chi connectivity index (χ0n) is 12.6. The van der Waals surface area contributed by atoms with Crippen LogP contribution in [0.3, 0.4) is 0 Å². The lowest BCUT2D eigenvalue weighted by atomic mass is 9.83. The molecule has 3 rings (SSSR count). The van der Waals surface area contributed by atoms with Gasteiger partial charge in [0.15, 0.2) is 11.6 Å². The van der Waals surface area contributed by atoms with Crippen LogP contribution in [0.5, 0.6) is 0 Å². The van der Waals surface area contributed by atoms with Crippen LogP contribution in [0, 0.1) is 18.6 Å². The zero-order valence-corrected chi connectivity index (χ0v) is 12.6. The minimum Gasteiger partial charge on any atom is -0.247 e. The van der Waals surface area contributed by atoms with Gasteiger partial charge in [-0.05, 0) is 55.2 Å².